The van der Waals surface area contributed by atoms with E-state index in [1.54, 1.807) is 19.1 Å². The number of nitrogens with one attached hydrogen (secondary N) is 2. The van der Waals surface area contributed by atoms with E-state index in [-0.39, 0.29) is 57.7 Å². The molecule has 0 aliphatic heterocycles. The molecule has 47 heavy (non-hydrogen) atoms. The zero-order valence-corrected chi connectivity index (χ0v) is 28.2. The minimum absolute atomic E-state index is 0.0668. The lowest BCUT2D eigenvalue weighted by Gasteiger charge is -2.20. The Morgan fingerprint density at radius 3 is 1.57 bits per heavy atom. The molecule has 0 saturated carbocycles. The van der Waals surface area contributed by atoms with Crippen LogP contribution in [0, 0.1) is 0 Å². The molecule has 1 rings (SSSR count). The molecule has 0 bridgehead atoms. The fraction of sp³-hybridized carbons (Fsp3) is 0.581. The molecule has 4 N–H and O–H groups in total. The van der Waals surface area contributed by atoms with E-state index in [2.05, 4.69) is 29.6 Å². The molecule has 16 heteroatoms. The summed E-state index contributed by atoms with van der Waals surface area (Å²) in [7, 11) is 4.87. The average Bonchev–Trinajstić information content (AvgIpc) is 3.10. The summed E-state index contributed by atoms with van der Waals surface area (Å²) in [5.41, 5.74) is 6.16. The Hall–Kier alpha value is -4.73. The summed E-state index contributed by atoms with van der Waals surface area (Å²) in [6.45, 7) is 5.75. The van der Waals surface area contributed by atoms with Crippen LogP contribution in [0.15, 0.2) is 30.3 Å². The fourth-order valence-electron chi connectivity index (χ4n) is 3.32. The Morgan fingerprint density at radius 1 is 0.638 bits per heavy atom. The Labute approximate surface area is 275 Å². The van der Waals surface area contributed by atoms with Crippen molar-refractivity contribution in [3.05, 3.63) is 35.9 Å². The summed E-state index contributed by atoms with van der Waals surface area (Å²) in [6.07, 6.45) is -0.0514. The standard InChI is InChI=1S/C22H30N2O9.C7H13NO4.C2H6/c1-4-32-21(28)17(11-13-19(26)33-14-15-8-6-5-7-9-15)24-22(29)23-16(20(27)31-3)10-12-18(25)30-2;1-11-6(9)4-3-5(8)7(10)12-2;1-2/h5-9,16-17H,4,10-14H2,1-3H3,(H2,23,24,29);5H,3-4,8H2,1-2H3;1-2H3. The van der Waals surface area contributed by atoms with Gasteiger partial charge in [-0.05, 0) is 31.7 Å². The molecule has 3 atom stereocenters. The van der Waals surface area contributed by atoms with E-state index in [9.17, 15) is 33.6 Å². The van der Waals surface area contributed by atoms with Crippen molar-refractivity contribution >= 4 is 41.8 Å². The molecule has 0 spiro atoms. The Kier molecular flexibility index (Phi) is 26.0. The lowest BCUT2D eigenvalue weighted by molar-refractivity contribution is -0.148. The van der Waals surface area contributed by atoms with Crippen LogP contribution in [0.25, 0.3) is 0 Å². The first-order valence-electron chi connectivity index (χ1n) is 14.9. The second kappa shape index (κ2) is 27.6. The highest BCUT2D eigenvalue weighted by molar-refractivity contribution is 5.87. The largest absolute Gasteiger partial charge is 0.469 e. The highest BCUT2D eigenvalue weighted by atomic mass is 16.5. The van der Waals surface area contributed by atoms with Gasteiger partial charge in [0.15, 0.2) is 0 Å². The van der Waals surface area contributed by atoms with Gasteiger partial charge in [-0.3, -0.25) is 19.2 Å². The number of carbonyl (C=O) groups is 7. The third kappa shape index (κ3) is 21.6. The maximum atomic E-state index is 12.4. The van der Waals surface area contributed by atoms with Crippen molar-refractivity contribution in [3.63, 3.8) is 0 Å². The molecule has 0 fully saturated rings. The van der Waals surface area contributed by atoms with Crippen molar-refractivity contribution in [2.75, 3.05) is 35.0 Å². The number of hydrogen-bond acceptors (Lipinski definition) is 14. The number of hydrogen-bond donors (Lipinski definition) is 3. The van der Waals surface area contributed by atoms with Crippen LogP contribution in [0.5, 0.6) is 0 Å². The minimum Gasteiger partial charge on any atom is -0.469 e. The first kappa shape index (κ1) is 44.4. The highest BCUT2D eigenvalue weighted by Gasteiger charge is 2.27. The molecule has 0 aromatic heterocycles. The number of ether oxygens (including phenoxy) is 6. The number of methoxy groups -OCH3 is 4. The molecule has 0 saturated heterocycles. The maximum absolute atomic E-state index is 12.4. The summed E-state index contributed by atoms with van der Waals surface area (Å²) in [4.78, 5) is 81.2. The third-order valence-corrected chi connectivity index (χ3v) is 5.80. The van der Waals surface area contributed by atoms with Gasteiger partial charge in [0.2, 0.25) is 0 Å². The number of amides is 2. The van der Waals surface area contributed by atoms with E-state index in [4.69, 9.17) is 15.2 Å². The summed E-state index contributed by atoms with van der Waals surface area (Å²) in [5, 5.41) is 4.74. The normalized spacial score (nSPS) is 11.6. The van der Waals surface area contributed by atoms with Crippen LogP contribution in [0.2, 0.25) is 0 Å². The molecular weight excluding hydrogens is 622 g/mol. The second-order valence-corrected chi connectivity index (χ2v) is 9.04. The molecular formula is C31H49N3O13. The van der Waals surface area contributed by atoms with Crippen molar-refractivity contribution in [3.8, 4) is 0 Å². The SMILES string of the molecule is CC.CCOC(=O)C(CCC(=O)OCc1ccccc1)NC(=O)NC(CCC(=O)OC)C(=O)OC.COC(=O)CCC(N)C(=O)OC. The lowest BCUT2D eigenvalue weighted by atomic mass is 10.1. The number of carbonyl (C=O) groups excluding carboxylic acids is 7. The third-order valence-electron chi connectivity index (χ3n) is 5.80. The van der Waals surface area contributed by atoms with Crippen molar-refractivity contribution in [2.45, 2.75) is 84.0 Å². The maximum Gasteiger partial charge on any atom is 0.328 e. The van der Waals surface area contributed by atoms with E-state index in [0.29, 0.717) is 0 Å². The van der Waals surface area contributed by atoms with Crippen LogP contribution in [0.3, 0.4) is 0 Å². The molecule has 1 aromatic carbocycles. The Bertz CT molecular complexity index is 1100. The quantitative estimate of drug-likeness (QED) is 0.158. The van der Waals surface area contributed by atoms with Crippen molar-refractivity contribution in [1.29, 1.82) is 0 Å². The van der Waals surface area contributed by atoms with Gasteiger partial charge in [0, 0.05) is 19.3 Å². The molecule has 266 valence electrons. The number of esters is 6. The van der Waals surface area contributed by atoms with Gasteiger partial charge in [-0.2, -0.15) is 0 Å². The van der Waals surface area contributed by atoms with Crippen LogP contribution in [-0.2, 0) is 63.8 Å². The zero-order valence-electron chi connectivity index (χ0n) is 28.2. The number of urea groups is 1. The van der Waals surface area contributed by atoms with E-state index in [1.165, 1.54) is 21.3 Å². The van der Waals surface area contributed by atoms with Crippen molar-refractivity contribution in [2.24, 2.45) is 5.73 Å². The summed E-state index contributed by atoms with van der Waals surface area (Å²) in [6, 6.07) is 5.16. The fourth-order valence-corrected chi connectivity index (χ4v) is 3.32. The lowest BCUT2D eigenvalue weighted by Crippen LogP contribution is -2.51. The van der Waals surface area contributed by atoms with Gasteiger partial charge in [0.1, 0.15) is 24.7 Å². The van der Waals surface area contributed by atoms with Crippen LogP contribution in [-0.4, -0.2) is 95.0 Å². The predicted octanol–water partition coefficient (Wildman–Crippen LogP) is 1.70. The first-order valence-corrected chi connectivity index (χ1v) is 14.9. The van der Waals surface area contributed by atoms with E-state index in [1.807, 2.05) is 32.0 Å². The first-order chi connectivity index (χ1) is 22.4. The van der Waals surface area contributed by atoms with Crippen molar-refractivity contribution < 1.29 is 62.0 Å². The van der Waals surface area contributed by atoms with Crippen LogP contribution < -0.4 is 16.4 Å². The van der Waals surface area contributed by atoms with Crippen LogP contribution in [0.4, 0.5) is 4.79 Å². The molecule has 1 aromatic rings. The Balaban J connectivity index is 0. The average molecular weight is 672 g/mol. The second-order valence-electron chi connectivity index (χ2n) is 9.04. The topological polar surface area (TPSA) is 225 Å². The molecule has 2 amide bonds. The molecule has 0 aliphatic carbocycles. The van der Waals surface area contributed by atoms with Crippen LogP contribution >= 0.6 is 0 Å². The minimum atomic E-state index is -1.16. The smallest absolute Gasteiger partial charge is 0.328 e. The highest BCUT2D eigenvalue weighted by Crippen LogP contribution is 2.07. The van der Waals surface area contributed by atoms with E-state index < -0.39 is 54.0 Å². The number of nitrogens with two attached hydrogens (primary N) is 1. The van der Waals surface area contributed by atoms with E-state index >= 15 is 0 Å². The van der Waals surface area contributed by atoms with Gasteiger partial charge in [0.05, 0.1) is 35.0 Å². The van der Waals surface area contributed by atoms with Gasteiger partial charge < -0.3 is 44.8 Å². The van der Waals surface area contributed by atoms with Crippen LogP contribution in [0.1, 0.15) is 64.9 Å². The van der Waals surface area contributed by atoms with Gasteiger partial charge >= 0.3 is 41.8 Å². The summed E-state index contributed by atoms with van der Waals surface area (Å²) >= 11 is 0. The Morgan fingerprint density at radius 2 is 1.11 bits per heavy atom. The monoisotopic (exact) mass is 671 g/mol. The molecule has 0 heterocycles. The van der Waals surface area contributed by atoms with E-state index in [0.717, 1.165) is 12.7 Å². The van der Waals surface area contributed by atoms with Crippen molar-refractivity contribution in [1.82, 2.24) is 10.6 Å². The van der Waals surface area contributed by atoms with Gasteiger partial charge in [-0.15, -0.1) is 0 Å². The molecule has 3 unspecified atom stereocenters. The number of benzene rings is 1. The predicted molar refractivity (Wildman–Crippen MR) is 167 cm³/mol. The van der Waals surface area contributed by atoms with Gasteiger partial charge in [-0.1, -0.05) is 44.2 Å². The van der Waals surface area contributed by atoms with Gasteiger partial charge in [-0.25, -0.2) is 14.4 Å². The zero-order chi connectivity index (χ0) is 36.2. The summed E-state index contributed by atoms with van der Waals surface area (Å²) < 4.78 is 28.0. The molecule has 0 aliphatic rings. The van der Waals surface area contributed by atoms with Gasteiger partial charge in [0.25, 0.3) is 0 Å². The molecule has 16 nitrogen and oxygen atoms in total. The summed E-state index contributed by atoms with van der Waals surface area (Å²) in [5.74, 6) is -3.53. The molecule has 0 radical (unpaired) electrons. The number of rotatable bonds is 17.